The monoisotopic (exact) mass is 291 g/mol. The SMILES string of the molecule is COc1ccccc1C(C)NCC(C)(O)c1cccs1. The fourth-order valence-corrected chi connectivity index (χ4v) is 2.95. The molecule has 1 aromatic carbocycles. The molecule has 20 heavy (non-hydrogen) atoms. The van der Waals surface area contributed by atoms with Crippen molar-refractivity contribution < 1.29 is 9.84 Å². The highest BCUT2D eigenvalue weighted by Crippen LogP contribution is 2.27. The Morgan fingerprint density at radius 1 is 1.30 bits per heavy atom. The Hall–Kier alpha value is -1.36. The summed E-state index contributed by atoms with van der Waals surface area (Å²) < 4.78 is 5.37. The first-order valence-corrected chi connectivity index (χ1v) is 7.55. The Bertz CT molecular complexity index is 537. The van der Waals surface area contributed by atoms with Crippen molar-refractivity contribution in [1.29, 1.82) is 0 Å². The van der Waals surface area contributed by atoms with E-state index in [0.717, 1.165) is 16.2 Å². The lowest BCUT2D eigenvalue weighted by Gasteiger charge is -2.25. The summed E-state index contributed by atoms with van der Waals surface area (Å²) in [6, 6.07) is 12.0. The average Bonchev–Trinajstić information content (AvgIpc) is 3.00. The maximum absolute atomic E-state index is 10.5. The number of hydrogen-bond acceptors (Lipinski definition) is 4. The Balaban J connectivity index is 2.03. The fraction of sp³-hybridized carbons (Fsp3) is 0.375. The molecule has 0 aliphatic rings. The standard InChI is InChI=1S/C16H21NO2S/c1-12(13-7-4-5-8-14(13)19-3)17-11-16(2,18)15-9-6-10-20-15/h4-10,12,17-18H,11H2,1-3H3. The summed E-state index contributed by atoms with van der Waals surface area (Å²) in [6.07, 6.45) is 0. The minimum Gasteiger partial charge on any atom is -0.496 e. The van der Waals surface area contributed by atoms with Crippen molar-refractivity contribution in [1.82, 2.24) is 5.32 Å². The van der Waals surface area contributed by atoms with Crippen molar-refractivity contribution in [3.63, 3.8) is 0 Å². The van der Waals surface area contributed by atoms with Gasteiger partial charge in [0.1, 0.15) is 11.4 Å². The van der Waals surface area contributed by atoms with E-state index < -0.39 is 5.60 Å². The third kappa shape index (κ3) is 3.39. The third-order valence-corrected chi connectivity index (χ3v) is 4.53. The number of rotatable bonds is 6. The zero-order valence-electron chi connectivity index (χ0n) is 12.1. The second-order valence-electron chi connectivity index (χ2n) is 5.10. The van der Waals surface area contributed by atoms with Gasteiger partial charge in [-0.15, -0.1) is 11.3 Å². The Kier molecular flexibility index (Phi) is 4.81. The van der Waals surface area contributed by atoms with Crippen LogP contribution in [0.15, 0.2) is 41.8 Å². The Morgan fingerprint density at radius 2 is 2.05 bits per heavy atom. The molecule has 0 radical (unpaired) electrons. The van der Waals surface area contributed by atoms with E-state index in [4.69, 9.17) is 4.74 Å². The van der Waals surface area contributed by atoms with Crippen LogP contribution < -0.4 is 10.1 Å². The van der Waals surface area contributed by atoms with Gasteiger partial charge in [-0.1, -0.05) is 24.3 Å². The molecule has 0 aliphatic carbocycles. The Labute approximate surface area is 124 Å². The topological polar surface area (TPSA) is 41.5 Å². The summed E-state index contributed by atoms with van der Waals surface area (Å²) in [6.45, 7) is 4.40. The van der Waals surface area contributed by atoms with Crippen molar-refractivity contribution in [2.24, 2.45) is 0 Å². The number of hydrogen-bond donors (Lipinski definition) is 2. The summed E-state index contributed by atoms with van der Waals surface area (Å²) in [5.74, 6) is 0.864. The molecule has 0 fully saturated rings. The smallest absolute Gasteiger partial charge is 0.123 e. The Morgan fingerprint density at radius 3 is 2.70 bits per heavy atom. The summed E-state index contributed by atoms with van der Waals surface area (Å²) in [5, 5.41) is 15.9. The van der Waals surface area contributed by atoms with Crippen LogP contribution in [0.5, 0.6) is 5.75 Å². The molecule has 2 N–H and O–H groups in total. The number of methoxy groups -OCH3 is 1. The van der Waals surface area contributed by atoms with E-state index in [0.29, 0.717) is 6.54 Å². The van der Waals surface area contributed by atoms with Gasteiger partial charge in [0.15, 0.2) is 0 Å². The molecule has 108 valence electrons. The molecule has 2 aromatic rings. The number of thiophene rings is 1. The van der Waals surface area contributed by atoms with Gasteiger partial charge in [-0.3, -0.25) is 0 Å². The first-order valence-electron chi connectivity index (χ1n) is 6.67. The van der Waals surface area contributed by atoms with E-state index in [1.165, 1.54) is 0 Å². The highest BCUT2D eigenvalue weighted by molar-refractivity contribution is 7.10. The lowest BCUT2D eigenvalue weighted by atomic mass is 10.0. The molecule has 0 bridgehead atoms. The summed E-state index contributed by atoms with van der Waals surface area (Å²) in [4.78, 5) is 0.970. The van der Waals surface area contributed by atoms with E-state index in [2.05, 4.69) is 12.2 Å². The van der Waals surface area contributed by atoms with Gasteiger partial charge in [0.25, 0.3) is 0 Å². The highest BCUT2D eigenvalue weighted by Gasteiger charge is 2.25. The van der Waals surface area contributed by atoms with Crippen molar-refractivity contribution in [3.8, 4) is 5.75 Å². The molecule has 2 atom stereocenters. The van der Waals surface area contributed by atoms with Gasteiger partial charge in [-0.2, -0.15) is 0 Å². The van der Waals surface area contributed by atoms with E-state index >= 15 is 0 Å². The molecular weight excluding hydrogens is 270 g/mol. The number of nitrogens with one attached hydrogen (secondary N) is 1. The lowest BCUT2D eigenvalue weighted by molar-refractivity contribution is 0.0580. The summed E-state index contributed by atoms with van der Waals surface area (Å²) in [7, 11) is 1.67. The number of ether oxygens (including phenoxy) is 1. The second kappa shape index (κ2) is 6.39. The minimum atomic E-state index is -0.857. The molecule has 0 saturated heterocycles. The van der Waals surface area contributed by atoms with Gasteiger partial charge in [-0.25, -0.2) is 0 Å². The molecule has 2 rings (SSSR count). The van der Waals surface area contributed by atoms with Gasteiger partial charge >= 0.3 is 0 Å². The molecule has 0 aliphatic heterocycles. The maximum Gasteiger partial charge on any atom is 0.123 e. The maximum atomic E-state index is 10.5. The molecule has 1 heterocycles. The van der Waals surface area contributed by atoms with Crippen LogP contribution >= 0.6 is 11.3 Å². The quantitative estimate of drug-likeness (QED) is 0.858. The molecular formula is C16H21NO2S. The predicted molar refractivity (Wildman–Crippen MR) is 83.3 cm³/mol. The second-order valence-corrected chi connectivity index (χ2v) is 6.04. The zero-order valence-corrected chi connectivity index (χ0v) is 12.9. The highest BCUT2D eigenvalue weighted by atomic mass is 32.1. The molecule has 1 aromatic heterocycles. The van der Waals surface area contributed by atoms with Crippen LogP contribution in [0.25, 0.3) is 0 Å². The molecule has 0 spiro atoms. The van der Waals surface area contributed by atoms with Gasteiger partial charge in [0.05, 0.1) is 7.11 Å². The predicted octanol–water partition coefficient (Wildman–Crippen LogP) is 3.32. The minimum absolute atomic E-state index is 0.109. The average molecular weight is 291 g/mol. The van der Waals surface area contributed by atoms with Crippen LogP contribution in [-0.4, -0.2) is 18.8 Å². The zero-order chi connectivity index (χ0) is 14.6. The van der Waals surface area contributed by atoms with Crippen LogP contribution in [0.1, 0.15) is 30.3 Å². The number of para-hydroxylation sites is 1. The van der Waals surface area contributed by atoms with E-state index in [1.54, 1.807) is 18.4 Å². The first-order chi connectivity index (χ1) is 9.54. The first kappa shape index (κ1) is 15.0. The van der Waals surface area contributed by atoms with Crippen molar-refractivity contribution in [2.45, 2.75) is 25.5 Å². The van der Waals surface area contributed by atoms with E-state index in [-0.39, 0.29) is 6.04 Å². The van der Waals surface area contributed by atoms with Gasteiger partial charge in [-0.05, 0) is 31.4 Å². The van der Waals surface area contributed by atoms with Crippen LogP contribution in [-0.2, 0) is 5.60 Å². The molecule has 0 saturated carbocycles. The molecule has 3 nitrogen and oxygen atoms in total. The fourth-order valence-electron chi connectivity index (χ4n) is 2.16. The van der Waals surface area contributed by atoms with Crippen LogP contribution in [0.3, 0.4) is 0 Å². The molecule has 4 heteroatoms. The largest absolute Gasteiger partial charge is 0.496 e. The van der Waals surface area contributed by atoms with Crippen molar-refractivity contribution in [3.05, 3.63) is 52.2 Å². The van der Waals surface area contributed by atoms with Crippen LogP contribution in [0, 0.1) is 0 Å². The van der Waals surface area contributed by atoms with Crippen molar-refractivity contribution >= 4 is 11.3 Å². The van der Waals surface area contributed by atoms with E-state index in [9.17, 15) is 5.11 Å². The summed E-state index contributed by atoms with van der Waals surface area (Å²) in [5.41, 5.74) is 0.238. The summed E-state index contributed by atoms with van der Waals surface area (Å²) >= 11 is 1.57. The van der Waals surface area contributed by atoms with Crippen LogP contribution in [0.2, 0.25) is 0 Å². The lowest BCUT2D eigenvalue weighted by Crippen LogP contribution is -2.36. The van der Waals surface area contributed by atoms with Crippen LogP contribution in [0.4, 0.5) is 0 Å². The normalized spacial score (nSPS) is 15.6. The van der Waals surface area contributed by atoms with Crippen molar-refractivity contribution in [2.75, 3.05) is 13.7 Å². The third-order valence-electron chi connectivity index (χ3n) is 3.41. The number of aliphatic hydroxyl groups is 1. The van der Waals surface area contributed by atoms with Gasteiger partial charge in [0, 0.05) is 23.0 Å². The molecule has 0 amide bonds. The van der Waals surface area contributed by atoms with E-state index in [1.807, 2.05) is 48.7 Å². The van der Waals surface area contributed by atoms with Gasteiger partial charge < -0.3 is 15.2 Å². The number of benzene rings is 1. The van der Waals surface area contributed by atoms with Gasteiger partial charge in [0.2, 0.25) is 0 Å². The molecule has 2 unspecified atom stereocenters.